The number of nitrogens with one attached hydrogen (secondary N) is 1. The summed E-state index contributed by atoms with van der Waals surface area (Å²) >= 11 is 1.46. The number of nitrogens with zero attached hydrogens (tertiary/aromatic N) is 5. The molecule has 0 bridgehead atoms. The normalized spacial score (nSPS) is 14.5. The van der Waals surface area contributed by atoms with Crippen LogP contribution in [0.5, 0.6) is 5.75 Å². The molecule has 0 spiro atoms. The summed E-state index contributed by atoms with van der Waals surface area (Å²) in [7, 11) is -3.64. The molecule has 9 nitrogen and oxygen atoms in total. The summed E-state index contributed by atoms with van der Waals surface area (Å²) < 4.78 is 46.6. The highest BCUT2D eigenvalue weighted by atomic mass is 32.2. The average Bonchev–Trinajstić information content (AvgIpc) is 3.46. The molecule has 1 aliphatic rings. The van der Waals surface area contributed by atoms with Crippen LogP contribution in [0.2, 0.25) is 0 Å². The molecule has 0 aliphatic carbocycles. The SMILES string of the molecule is CCOc1ccc(S(=O)(=O)N2CCN(c3nc(Nc4ccc(F)cc4)cc(-c4nccs4)n3)CC2)cc1. The van der Waals surface area contributed by atoms with Crippen LogP contribution in [-0.4, -0.2) is 60.5 Å². The van der Waals surface area contributed by atoms with Gasteiger partial charge in [0.05, 0.1) is 11.5 Å². The first kappa shape index (κ1) is 25.1. The van der Waals surface area contributed by atoms with Crippen molar-refractivity contribution in [2.24, 2.45) is 0 Å². The second-order valence-corrected chi connectivity index (χ2v) is 11.0. The molecule has 0 amide bonds. The van der Waals surface area contributed by atoms with Crippen LogP contribution in [0.1, 0.15) is 6.92 Å². The maximum Gasteiger partial charge on any atom is 0.243 e. The number of ether oxygens (including phenoxy) is 1. The Kier molecular flexibility index (Phi) is 7.31. The number of halogens is 1. The molecule has 37 heavy (non-hydrogen) atoms. The van der Waals surface area contributed by atoms with Gasteiger partial charge < -0.3 is 15.0 Å². The number of hydrogen-bond acceptors (Lipinski definition) is 9. The van der Waals surface area contributed by atoms with Gasteiger partial charge >= 0.3 is 0 Å². The lowest BCUT2D eigenvalue weighted by Crippen LogP contribution is -2.49. The number of piperazine rings is 1. The van der Waals surface area contributed by atoms with Gasteiger partial charge in [0.15, 0.2) is 0 Å². The molecule has 0 saturated carbocycles. The van der Waals surface area contributed by atoms with Crippen molar-refractivity contribution < 1.29 is 17.5 Å². The second kappa shape index (κ2) is 10.8. The zero-order chi connectivity index (χ0) is 25.8. The molecule has 2 aromatic heterocycles. The van der Waals surface area contributed by atoms with Gasteiger partial charge in [-0.1, -0.05) is 0 Å². The van der Waals surface area contributed by atoms with Crippen molar-refractivity contribution in [1.82, 2.24) is 19.3 Å². The molecular weight excluding hydrogens is 515 g/mol. The quantitative estimate of drug-likeness (QED) is 0.351. The molecule has 0 unspecified atom stereocenters. The third kappa shape index (κ3) is 5.71. The molecule has 1 fully saturated rings. The van der Waals surface area contributed by atoms with Gasteiger partial charge in [-0.2, -0.15) is 9.29 Å². The Balaban J connectivity index is 1.34. The Morgan fingerprint density at radius 1 is 1.03 bits per heavy atom. The number of thiazole rings is 1. The maximum atomic E-state index is 13.3. The minimum atomic E-state index is -3.64. The highest BCUT2D eigenvalue weighted by molar-refractivity contribution is 7.89. The monoisotopic (exact) mass is 540 g/mol. The molecule has 0 radical (unpaired) electrons. The molecule has 12 heteroatoms. The van der Waals surface area contributed by atoms with Crippen molar-refractivity contribution >= 4 is 38.8 Å². The van der Waals surface area contributed by atoms with Crippen LogP contribution < -0.4 is 15.0 Å². The van der Waals surface area contributed by atoms with Gasteiger partial charge in [0.25, 0.3) is 0 Å². The Hall–Kier alpha value is -3.61. The number of rotatable bonds is 8. The molecule has 3 heterocycles. The van der Waals surface area contributed by atoms with Crippen LogP contribution in [0, 0.1) is 5.82 Å². The van der Waals surface area contributed by atoms with Crippen molar-refractivity contribution in [3.8, 4) is 16.5 Å². The number of hydrogen-bond donors (Lipinski definition) is 1. The zero-order valence-corrected chi connectivity index (χ0v) is 21.7. The van der Waals surface area contributed by atoms with E-state index in [-0.39, 0.29) is 10.7 Å². The van der Waals surface area contributed by atoms with Crippen LogP contribution in [0.4, 0.5) is 21.8 Å². The Morgan fingerprint density at radius 2 is 1.76 bits per heavy atom. The van der Waals surface area contributed by atoms with Crippen LogP contribution >= 0.6 is 11.3 Å². The van der Waals surface area contributed by atoms with E-state index in [0.717, 1.165) is 5.01 Å². The van der Waals surface area contributed by atoms with E-state index in [2.05, 4.69) is 15.3 Å². The van der Waals surface area contributed by atoms with E-state index in [0.29, 0.717) is 61.7 Å². The van der Waals surface area contributed by atoms with Crippen molar-refractivity contribution in [2.45, 2.75) is 11.8 Å². The second-order valence-electron chi connectivity index (χ2n) is 8.20. The first-order valence-corrected chi connectivity index (χ1v) is 14.0. The smallest absolute Gasteiger partial charge is 0.243 e. The summed E-state index contributed by atoms with van der Waals surface area (Å²) in [5.41, 5.74) is 1.33. The van der Waals surface area contributed by atoms with E-state index in [1.165, 1.54) is 27.8 Å². The molecule has 1 aliphatic heterocycles. The maximum absolute atomic E-state index is 13.3. The zero-order valence-electron chi connectivity index (χ0n) is 20.0. The van der Waals surface area contributed by atoms with E-state index in [4.69, 9.17) is 9.72 Å². The lowest BCUT2D eigenvalue weighted by atomic mass is 10.3. The molecule has 1 saturated heterocycles. The average molecular weight is 541 g/mol. The van der Waals surface area contributed by atoms with Gasteiger partial charge in [0.2, 0.25) is 16.0 Å². The first-order valence-electron chi connectivity index (χ1n) is 11.7. The fraction of sp³-hybridized carbons (Fsp3) is 0.240. The van der Waals surface area contributed by atoms with E-state index >= 15 is 0 Å². The minimum absolute atomic E-state index is 0.234. The van der Waals surface area contributed by atoms with Crippen molar-refractivity contribution in [3.05, 3.63) is 72.0 Å². The van der Waals surface area contributed by atoms with Gasteiger partial charge in [-0.25, -0.2) is 22.8 Å². The van der Waals surface area contributed by atoms with Gasteiger partial charge in [-0.3, -0.25) is 0 Å². The lowest BCUT2D eigenvalue weighted by Gasteiger charge is -2.34. The summed E-state index contributed by atoms with van der Waals surface area (Å²) in [4.78, 5) is 15.9. The van der Waals surface area contributed by atoms with Gasteiger partial charge in [0, 0.05) is 49.5 Å². The number of benzene rings is 2. The predicted octanol–water partition coefficient (Wildman–Crippen LogP) is 4.39. The molecule has 2 aromatic carbocycles. The summed E-state index contributed by atoms with van der Waals surface area (Å²) in [6.45, 7) is 3.83. The molecule has 4 aromatic rings. The van der Waals surface area contributed by atoms with Crippen molar-refractivity contribution in [2.75, 3.05) is 43.0 Å². The minimum Gasteiger partial charge on any atom is -0.494 e. The van der Waals surface area contributed by atoms with E-state index in [9.17, 15) is 12.8 Å². The largest absolute Gasteiger partial charge is 0.494 e. The van der Waals surface area contributed by atoms with E-state index in [1.807, 2.05) is 17.2 Å². The van der Waals surface area contributed by atoms with Gasteiger partial charge in [0.1, 0.15) is 28.1 Å². The fourth-order valence-electron chi connectivity index (χ4n) is 3.93. The number of sulfonamides is 1. The summed E-state index contributed by atoms with van der Waals surface area (Å²) in [5, 5.41) is 5.81. The number of aromatic nitrogens is 3. The van der Waals surface area contributed by atoms with Crippen molar-refractivity contribution in [3.63, 3.8) is 0 Å². The lowest BCUT2D eigenvalue weighted by molar-refractivity contribution is 0.340. The Morgan fingerprint density at radius 3 is 2.41 bits per heavy atom. The summed E-state index contributed by atoms with van der Waals surface area (Å²) in [6.07, 6.45) is 1.71. The third-order valence-electron chi connectivity index (χ3n) is 5.78. The van der Waals surface area contributed by atoms with E-state index < -0.39 is 10.0 Å². The number of anilines is 3. The van der Waals surface area contributed by atoms with Crippen LogP contribution in [0.3, 0.4) is 0 Å². The van der Waals surface area contributed by atoms with Crippen LogP contribution in [0.15, 0.2) is 71.1 Å². The topological polar surface area (TPSA) is 101 Å². The molecule has 1 N–H and O–H groups in total. The van der Waals surface area contributed by atoms with Crippen molar-refractivity contribution in [1.29, 1.82) is 0 Å². The summed E-state index contributed by atoms with van der Waals surface area (Å²) in [5.74, 6) is 1.31. The van der Waals surface area contributed by atoms with Gasteiger partial charge in [-0.05, 0) is 55.5 Å². The molecule has 0 atom stereocenters. The summed E-state index contributed by atoms with van der Waals surface area (Å²) in [6, 6.07) is 14.3. The van der Waals surface area contributed by atoms with Crippen LogP contribution in [-0.2, 0) is 10.0 Å². The van der Waals surface area contributed by atoms with Crippen LogP contribution in [0.25, 0.3) is 10.7 Å². The fourth-order valence-corrected chi connectivity index (χ4v) is 5.95. The Bertz CT molecular complexity index is 1440. The highest BCUT2D eigenvalue weighted by Crippen LogP contribution is 2.28. The highest BCUT2D eigenvalue weighted by Gasteiger charge is 2.29. The molecular formula is C25H25FN6O3S2. The third-order valence-corrected chi connectivity index (χ3v) is 8.48. The standard InChI is InChI=1S/C25H25FN6O3S2/c1-2-35-20-7-9-21(10-8-20)37(33,34)32-14-12-31(13-15-32)25-29-22(24-27-11-16-36-24)17-23(30-25)28-19-5-3-18(26)4-6-19/h3-11,16-17H,2,12-15H2,1H3,(H,28,29,30). The first-order chi connectivity index (χ1) is 17.9. The molecule has 5 rings (SSSR count). The molecule has 192 valence electrons. The predicted molar refractivity (Wildman–Crippen MR) is 141 cm³/mol. The van der Waals surface area contributed by atoms with E-state index in [1.54, 1.807) is 48.7 Å². The van der Waals surface area contributed by atoms with Gasteiger partial charge in [-0.15, -0.1) is 11.3 Å². The Labute approximate surface area is 218 Å².